The molecule has 0 spiro atoms. The number of amides is 2. The Balaban J connectivity index is 1.69. The molecule has 3 rings (SSSR count). The van der Waals surface area contributed by atoms with E-state index in [-0.39, 0.29) is 22.7 Å². The maximum Gasteiger partial charge on any atom is 0.343 e. The standard InChI is InChI=1S/C25H22N4O6/c1-3-17-8-4-6-10-21(17)26-23(30)24(31)28-27-16(2)20-9-5-7-11-22(20)35-25(32)18-12-14-19(15-13-18)29(33)34/h4-15H,3H2,1-2H3,(H,26,30)(H,28,31)/b27-16+. The second-order valence-corrected chi connectivity index (χ2v) is 7.29. The molecule has 0 bridgehead atoms. The minimum atomic E-state index is -0.962. The molecule has 0 fully saturated rings. The highest BCUT2D eigenvalue weighted by Gasteiger charge is 2.17. The van der Waals surface area contributed by atoms with Gasteiger partial charge in [-0.05, 0) is 49.2 Å². The van der Waals surface area contributed by atoms with Crippen LogP contribution in [0.2, 0.25) is 0 Å². The van der Waals surface area contributed by atoms with Crippen molar-refractivity contribution in [1.29, 1.82) is 0 Å². The molecule has 35 heavy (non-hydrogen) atoms. The molecule has 178 valence electrons. The summed E-state index contributed by atoms with van der Waals surface area (Å²) in [7, 11) is 0. The molecule has 0 aromatic heterocycles. The smallest absolute Gasteiger partial charge is 0.343 e. The van der Waals surface area contributed by atoms with Gasteiger partial charge in [0.15, 0.2) is 0 Å². The third kappa shape index (κ3) is 6.35. The molecule has 3 aromatic rings. The van der Waals surface area contributed by atoms with Crippen LogP contribution in [0.15, 0.2) is 77.9 Å². The van der Waals surface area contributed by atoms with Crippen molar-refractivity contribution < 1.29 is 24.0 Å². The van der Waals surface area contributed by atoms with Gasteiger partial charge in [0.05, 0.1) is 16.2 Å². The number of hydrazone groups is 1. The number of anilines is 1. The number of nitrogens with one attached hydrogen (secondary N) is 2. The summed E-state index contributed by atoms with van der Waals surface area (Å²) >= 11 is 0. The first-order valence-corrected chi connectivity index (χ1v) is 10.6. The molecule has 0 heterocycles. The Morgan fingerprint density at radius 2 is 1.60 bits per heavy atom. The topological polar surface area (TPSA) is 140 Å². The predicted octanol–water partition coefficient (Wildman–Crippen LogP) is 3.86. The van der Waals surface area contributed by atoms with Crippen LogP contribution in [0.25, 0.3) is 0 Å². The number of hydrogen-bond acceptors (Lipinski definition) is 7. The number of esters is 1. The van der Waals surface area contributed by atoms with Gasteiger partial charge < -0.3 is 10.1 Å². The average Bonchev–Trinajstić information content (AvgIpc) is 2.87. The van der Waals surface area contributed by atoms with E-state index < -0.39 is 22.7 Å². The van der Waals surface area contributed by atoms with Gasteiger partial charge in [-0.15, -0.1) is 0 Å². The van der Waals surface area contributed by atoms with Gasteiger partial charge >= 0.3 is 17.8 Å². The van der Waals surface area contributed by atoms with Crippen molar-refractivity contribution in [2.75, 3.05) is 5.32 Å². The van der Waals surface area contributed by atoms with E-state index in [9.17, 15) is 24.5 Å². The molecule has 0 aliphatic carbocycles. The molecule has 10 heteroatoms. The number of carbonyl (C=O) groups is 3. The van der Waals surface area contributed by atoms with Gasteiger partial charge in [0.2, 0.25) is 0 Å². The lowest BCUT2D eigenvalue weighted by molar-refractivity contribution is -0.384. The van der Waals surface area contributed by atoms with Gasteiger partial charge in [0.25, 0.3) is 5.69 Å². The molecule has 0 radical (unpaired) electrons. The van der Waals surface area contributed by atoms with E-state index in [0.717, 1.165) is 5.56 Å². The lowest BCUT2D eigenvalue weighted by Crippen LogP contribution is -2.33. The molecule has 0 saturated carbocycles. The molecule has 0 aliphatic rings. The first-order valence-electron chi connectivity index (χ1n) is 10.6. The highest BCUT2D eigenvalue weighted by atomic mass is 16.6. The zero-order chi connectivity index (χ0) is 25.4. The summed E-state index contributed by atoms with van der Waals surface area (Å²) < 4.78 is 5.43. The van der Waals surface area contributed by atoms with Crippen LogP contribution >= 0.6 is 0 Å². The Morgan fingerprint density at radius 1 is 0.943 bits per heavy atom. The lowest BCUT2D eigenvalue weighted by Gasteiger charge is -2.11. The summed E-state index contributed by atoms with van der Waals surface area (Å²) in [6, 6.07) is 18.6. The van der Waals surface area contributed by atoms with E-state index in [2.05, 4.69) is 15.8 Å². The first-order chi connectivity index (χ1) is 16.8. The summed E-state index contributed by atoms with van der Waals surface area (Å²) in [5, 5.41) is 17.3. The number of ether oxygens (including phenoxy) is 1. The van der Waals surface area contributed by atoms with E-state index in [1.807, 2.05) is 19.1 Å². The van der Waals surface area contributed by atoms with Crippen LogP contribution < -0.4 is 15.5 Å². The van der Waals surface area contributed by atoms with Crippen LogP contribution in [0.1, 0.15) is 35.3 Å². The first kappa shape index (κ1) is 24.8. The maximum atomic E-state index is 12.5. The van der Waals surface area contributed by atoms with Crippen molar-refractivity contribution in [3.63, 3.8) is 0 Å². The molecular formula is C25H22N4O6. The number of nitro benzene ring substituents is 1. The molecule has 0 aliphatic heterocycles. The number of nitrogens with zero attached hydrogens (tertiary/aromatic N) is 2. The highest BCUT2D eigenvalue weighted by molar-refractivity contribution is 6.39. The minimum Gasteiger partial charge on any atom is -0.422 e. The van der Waals surface area contributed by atoms with Crippen molar-refractivity contribution in [2.24, 2.45) is 5.10 Å². The third-order valence-electron chi connectivity index (χ3n) is 4.97. The SMILES string of the molecule is CCc1ccccc1NC(=O)C(=O)N/N=C(\C)c1ccccc1OC(=O)c1ccc([N+](=O)[O-])cc1. The highest BCUT2D eigenvalue weighted by Crippen LogP contribution is 2.21. The Morgan fingerprint density at radius 3 is 2.29 bits per heavy atom. The van der Waals surface area contributed by atoms with Gasteiger partial charge in [-0.3, -0.25) is 19.7 Å². The summed E-state index contributed by atoms with van der Waals surface area (Å²) in [6.45, 7) is 3.51. The van der Waals surface area contributed by atoms with E-state index in [0.29, 0.717) is 17.7 Å². The quantitative estimate of drug-likeness (QED) is 0.133. The van der Waals surface area contributed by atoms with Crippen LogP contribution in [0.5, 0.6) is 5.75 Å². The molecule has 2 amide bonds. The fourth-order valence-corrected chi connectivity index (χ4v) is 3.11. The minimum absolute atomic E-state index is 0.123. The monoisotopic (exact) mass is 474 g/mol. The van der Waals surface area contributed by atoms with Crippen molar-refractivity contribution in [3.8, 4) is 5.75 Å². The molecule has 2 N–H and O–H groups in total. The number of para-hydroxylation sites is 2. The summed E-state index contributed by atoms with van der Waals surface area (Å²) in [5.74, 6) is -2.40. The molecule has 0 atom stereocenters. The van der Waals surface area contributed by atoms with Gasteiger partial charge in [-0.2, -0.15) is 5.10 Å². The molecule has 3 aromatic carbocycles. The summed E-state index contributed by atoms with van der Waals surface area (Å²) in [4.78, 5) is 47.2. The number of non-ortho nitro benzene ring substituents is 1. The second-order valence-electron chi connectivity index (χ2n) is 7.29. The second kappa shape index (κ2) is 11.3. The van der Waals surface area contributed by atoms with Crippen LogP contribution in [0.3, 0.4) is 0 Å². The van der Waals surface area contributed by atoms with Gasteiger partial charge in [-0.1, -0.05) is 37.3 Å². The molecule has 10 nitrogen and oxygen atoms in total. The number of hydrogen-bond donors (Lipinski definition) is 2. The van der Waals surface area contributed by atoms with Gasteiger partial charge in [0.1, 0.15) is 5.75 Å². The van der Waals surface area contributed by atoms with E-state index in [1.54, 1.807) is 37.3 Å². The number of benzene rings is 3. The number of carbonyl (C=O) groups excluding carboxylic acids is 3. The zero-order valence-electron chi connectivity index (χ0n) is 19.0. The van der Waals surface area contributed by atoms with Gasteiger partial charge in [-0.25, -0.2) is 10.2 Å². The Labute approximate surface area is 200 Å². The lowest BCUT2D eigenvalue weighted by atomic mass is 10.1. The van der Waals surface area contributed by atoms with Gasteiger partial charge in [0, 0.05) is 23.4 Å². The van der Waals surface area contributed by atoms with Crippen molar-refractivity contribution >= 4 is 34.9 Å². The Bertz CT molecular complexity index is 1300. The third-order valence-corrected chi connectivity index (χ3v) is 4.97. The zero-order valence-corrected chi connectivity index (χ0v) is 19.0. The Kier molecular flexibility index (Phi) is 8.02. The number of aryl methyl sites for hydroxylation is 1. The number of rotatable bonds is 7. The fourth-order valence-electron chi connectivity index (χ4n) is 3.11. The molecule has 0 saturated heterocycles. The Hall–Kier alpha value is -4.86. The van der Waals surface area contributed by atoms with Crippen LogP contribution in [0, 0.1) is 10.1 Å². The van der Waals surface area contributed by atoms with Crippen molar-refractivity contribution in [1.82, 2.24) is 5.43 Å². The maximum absolute atomic E-state index is 12.5. The normalized spacial score (nSPS) is 10.9. The van der Waals surface area contributed by atoms with Crippen LogP contribution in [0.4, 0.5) is 11.4 Å². The van der Waals surface area contributed by atoms with Crippen molar-refractivity contribution in [2.45, 2.75) is 20.3 Å². The summed E-state index contributed by atoms with van der Waals surface area (Å²) in [5.41, 5.74) is 4.29. The largest absolute Gasteiger partial charge is 0.422 e. The van der Waals surface area contributed by atoms with Crippen molar-refractivity contribution in [3.05, 3.63) is 99.6 Å². The summed E-state index contributed by atoms with van der Waals surface area (Å²) in [6.07, 6.45) is 0.685. The number of nitro groups is 1. The fraction of sp³-hybridized carbons (Fsp3) is 0.120. The molecular weight excluding hydrogens is 452 g/mol. The van der Waals surface area contributed by atoms with E-state index >= 15 is 0 Å². The predicted molar refractivity (Wildman–Crippen MR) is 129 cm³/mol. The van der Waals surface area contributed by atoms with Crippen LogP contribution in [-0.4, -0.2) is 28.4 Å². The van der Waals surface area contributed by atoms with E-state index in [1.165, 1.54) is 30.3 Å². The average molecular weight is 474 g/mol. The molecule has 0 unspecified atom stereocenters. The van der Waals surface area contributed by atoms with Crippen LogP contribution in [-0.2, 0) is 16.0 Å². The van der Waals surface area contributed by atoms with E-state index in [4.69, 9.17) is 4.74 Å².